The Hall–Kier alpha value is -0.470. The smallest absolute Gasteiger partial charge is 0.235 e. The predicted octanol–water partition coefficient (Wildman–Crippen LogP) is 1.39. The van der Waals surface area contributed by atoms with Gasteiger partial charge in [0.25, 0.3) is 10.0 Å². The van der Waals surface area contributed by atoms with Gasteiger partial charge in [0.2, 0.25) is 5.03 Å². The number of hydrogen-bond donors (Lipinski definition) is 0. The van der Waals surface area contributed by atoms with Gasteiger partial charge in [-0.1, -0.05) is 19.1 Å². The summed E-state index contributed by atoms with van der Waals surface area (Å²) < 4.78 is 27.8. The Morgan fingerprint density at radius 1 is 1.29 bits per heavy atom. The lowest BCUT2D eigenvalue weighted by molar-refractivity contribution is 0.404. The lowest BCUT2D eigenvalue weighted by Crippen LogP contribution is -2.34. The van der Waals surface area contributed by atoms with E-state index in [1.54, 1.807) is 7.05 Å². The second kappa shape index (κ2) is 5.92. The van der Waals surface area contributed by atoms with E-state index in [1.807, 2.05) is 13.8 Å². The summed E-state index contributed by atoms with van der Waals surface area (Å²) in [4.78, 5) is 0. The van der Waals surface area contributed by atoms with E-state index in [2.05, 4.69) is 26.2 Å². The van der Waals surface area contributed by atoms with Crippen molar-refractivity contribution in [2.75, 3.05) is 13.1 Å². The molecule has 0 N–H and O–H groups in total. The molecule has 0 aliphatic rings. The maximum absolute atomic E-state index is 12.4. The SMILES string of the molecule is CCCN(CCC)S(=O)(=O)c1c(Br)nnn1C. The van der Waals surface area contributed by atoms with E-state index in [0.29, 0.717) is 13.1 Å². The van der Waals surface area contributed by atoms with Gasteiger partial charge in [-0.2, -0.15) is 4.31 Å². The Morgan fingerprint density at radius 2 is 1.82 bits per heavy atom. The zero-order chi connectivity index (χ0) is 13.1. The minimum Gasteiger partial charge on any atom is -0.235 e. The van der Waals surface area contributed by atoms with Crippen molar-refractivity contribution in [2.45, 2.75) is 31.7 Å². The highest BCUT2D eigenvalue weighted by molar-refractivity contribution is 9.10. The third kappa shape index (κ3) is 3.05. The quantitative estimate of drug-likeness (QED) is 0.793. The minimum absolute atomic E-state index is 0.111. The fraction of sp³-hybridized carbons (Fsp3) is 0.778. The standard InChI is InChI=1S/C9H17BrN4O2S/c1-4-6-14(7-5-2)17(15,16)9-8(10)11-12-13(9)3/h4-7H2,1-3H3. The fourth-order valence-electron chi connectivity index (χ4n) is 1.57. The average Bonchev–Trinajstić information content (AvgIpc) is 2.58. The molecule has 0 saturated carbocycles. The molecule has 0 unspecified atom stereocenters. The lowest BCUT2D eigenvalue weighted by atomic mass is 10.4. The van der Waals surface area contributed by atoms with Crippen molar-refractivity contribution < 1.29 is 8.42 Å². The first-order chi connectivity index (χ1) is 7.95. The van der Waals surface area contributed by atoms with Crippen LogP contribution in [0.3, 0.4) is 0 Å². The van der Waals surface area contributed by atoms with Crippen molar-refractivity contribution >= 4 is 26.0 Å². The van der Waals surface area contributed by atoms with Gasteiger partial charge in [-0.3, -0.25) is 0 Å². The Balaban J connectivity index is 3.16. The molecule has 0 fully saturated rings. The number of aromatic nitrogens is 3. The van der Waals surface area contributed by atoms with E-state index < -0.39 is 10.0 Å². The van der Waals surface area contributed by atoms with E-state index in [1.165, 1.54) is 8.99 Å². The second-order valence-corrected chi connectivity index (χ2v) is 6.32. The molecule has 0 bridgehead atoms. The van der Waals surface area contributed by atoms with Crippen LogP contribution in [0.25, 0.3) is 0 Å². The molecule has 1 heterocycles. The molecule has 1 rings (SSSR count). The zero-order valence-corrected chi connectivity index (χ0v) is 12.6. The van der Waals surface area contributed by atoms with Crippen molar-refractivity contribution in [2.24, 2.45) is 7.05 Å². The van der Waals surface area contributed by atoms with Gasteiger partial charge in [-0.25, -0.2) is 13.1 Å². The van der Waals surface area contributed by atoms with E-state index >= 15 is 0 Å². The van der Waals surface area contributed by atoms with Gasteiger partial charge >= 0.3 is 0 Å². The molecular formula is C9H17BrN4O2S. The summed E-state index contributed by atoms with van der Waals surface area (Å²) >= 11 is 3.12. The molecule has 17 heavy (non-hydrogen) atoms. The average molecular weight is 325 g/mol. The van der Waals surface area contributed by atoms with Crippen LogP contribution in [-0.4, -0.2) is 40.8 Å². The first-order valence-corrected chi connectivity index (χ1v) is 7.73. The van der Waals surface area contributed by atoms with E-state index in [9.17, 15) is 8.42 Å². The van der Waals surface area contributed by atoms with Crippen LogP contribution in [0, 0.1) is 0 Å². The van der Waals surface area contributed by atoms with Crippen LogP contribution in [0.1, 0.15) is 26.7 Å². The number of sulfonamides is 1. The maximum Gasteiger partial charge on any atom is 0.263 e. The van der Waals surface area contributed by atoms with Gasteiger partial charge in [0.15, 0.2) is 4.60 Å². The molecule has 6 nitrogen and oxygen atoms in total. The molecule has 0 saturated heterocycles. The largest absolute Gasteiger partial charge is 0.263 e. The van der Waals surface area contributed by atoms with Crippen molar-refractivity contribution in [3.05, 3.63) is 4.60 Å². The highest BCUT2D eigenvalue weighted by Gasteiger charge is 2.29. The molecule has 98 valence electrons. The number of rotatable bonds is 6. The van der Waals surface area contributed by atoms with E-state index in [4.69, 9.17) is 0 Å². The van der Waals surface area contributed by atoms with Crippen molar-refractivity contribution in [1.82, 2.24) is 19.3 Å². The van der Waals surface area contributed by atoms with E-state index in [0.717, 1.165) is 12.8 Å². The summed E-state index contributed by atoms with van der Waals surface area (Å²) in [6.07, 6.45) is 1.56. The van der Waals surface area contributed by atoms with Gasteiger partial charge in [0.1, 0.15) is 0 Å². The van der Waals surface area contributed by atoms with Crippen LogP contribution in [0.4, 0.5) is 0 Å². The molecule has 0 aliphatic carbocycles. The summed E-state index contributed by atoms with van der Waals surface area (Å²) in [7, 11) is -1.95. The molecule has 8 heteroatoms. The van der Waals surface area contributed by atoms with Crippen LogP contribution < -0.4 is 0 Å². The van der Waals surface area contributed by atoms with Crippen LogP contribution in [-0.2, 0) is 17.1 Å². The summed E-state index contributed by atoms with van der Waals surface area (Å²) in [6, 6.07) is 0. The third-order valence-electron chi connectivity index (χ3n) is 2.27. The Bertz CT molecular complexity index is 446. The van der Waals surface area contributed by atoms with Crippen LogP contribution in [0.2, 0.25) is 0 Å². The normalized spacial score (nSPS) is 12.3. The number of hydrogen-bond acceptors (Lipinski definition) is 4. The molecule has 0 spiro atoms. The third-order valence-corrected chi connectivity index (χ3v) is 5.06. The van der Waals surface area contributed by atoms with Crippen molar-refractivity contribution in [3.8, 4) is 0 Å². The van der Waals surface area contributed by atoms with Crippen molar-refractivity contribution in [1.29, 1.82) is 0 Å². The molecule has 0 aliphatic heterocycles. The predicted molar refractivity (Wildman–Crippen MR) is 68.0 cm³/mol. The highest BCUT2D eigenvalue weighted by Crippen LogP contribution is 2.22. The van der Waals surface area contributed by atoms with E-state index in [-0.39, 0.29) is 9.63 Å². The first kappa shape index (κ1) is 14.6. The van der Waals surface area contributed by atoms with Gasteiger partial charge < -0.3 is 0 Å². The van der Waals surface area contributed by atoms with Gasteiger partial charge in [0.05, 0.1) is 0 Å². The summed E-state index contributed by atoms with van der Waals surface area (Å²) in [5, 5.41) is 7.52. The molecule has 0 atom stereocenters. The molecule has 1 aromatic heterocycles. The molecule has 0 aromatic carbocycles. The number of nitrogens with zero attached hydrogens (tertiary/aromatic N) is 4. The van der Waals surface area contributed by atoms with Crippen LogP contribution >= 0.6 is 15.9 Å². The molecular weight excluding hydrogens is 308 g/mol. The Labute approximate surface area is 110 Å². The van der Waals surface area contributed by atoms with Gasteiger partial charge in [-0.15, -0.1) is 5.10 Å². The highest BCUT2D eigenvalue weighted by atomic mass is 79.9. The topological polar surface area (TPSA) is 68.1 Å². The van der Waals surface area contributed by atoms with Crippen LogP contribution in [0.15, 0.2) is 9.63 Å². The maximum atomic E-state index is 12.4. The number of halogens is 1. The Kier molecular flexibility index (Phi) is 5.08. The van der Waals surface area contributed by atoms with Gasteiger partial charge in [-0.05, 0) is 28.8 Å². The van der Waals surface area contributed by atoms with Gasteiger partial charge in [0, 0.05) is 20.1 Å². The minimum atomic E-state index is -3.52. The summed E-state index contributed by atoms with van der Waals surface area (Å²) in [5.41, 5.74) is 0. The molecule has 0 amide bonds. The second-order valence-electron chi connectivity index (χ2n) is 3.71. The monoisotopic (exact) mass is 324 g/mol. The number of aryl methyl sites for hydroxylation is 1. The Morgan fingerprint density at radius 3 is 2.18 bits per heavy atom. The summed E-state index contributed by atoms with van der Waals surface area (Å²) in [6.45, 7) is 4.92. The fourth-order valence-corrected chi connectivity index (χ4v) is 4.23. The zero-order valence-electron chi connectivity index (χ0n) is 10.2. The first-order valence-electron chi connectivity index (χ1n) is 5.50. The van der Waals surface area contributed by atoms with Crippen molar-refractivity contribution in [3.63, 3.8) is 0 Å². The molecule has 1 aromatic rings. The summed E-state index contributed by atoms with van der Waals surface area (Å²) in [5.74, 6) is 0. The lowest BCUT2D eigenvalue weighted by Gasteiger charge is -2.20. The van der Waals surface area contributed by atoms with Crippen LogP contribution in [0.5, 0.6) is 0 Å². The molecule has 0 radical (unpaired) electrons.